The molecule has 0 saturated heterocycles. The zero-order chi connectivity index (χ0) is 31.7. The Hall–Kier alpha value is -6.01. The third-order valence-corrected chi connectivity index (χ3v) is 9.20. The number of fused-ring (bicyclic) bond motifs is 6. The van der Waals surface area contributed by atoms with Gasteiger partial charge in [-0.15, -0.1) is 0 Å². The number of hydrogen-bond acceptors (Lipinski definition) is 3. The second-order valence-corrected chi connectivity index (χ2v) is 13.2. The first kappa shape index (κ1) is 27.3. The van der Waals surface area contributed by atoms with Crippen LogP contribution in [0.4, 0.5) is 0 Å². The fourth-order valence-electron chi connectivity index (χ4n) is 6.81. The van der Waals surface area contributed by atoms with Gasteiger partial charge in [-0.1, -0.05) is 93.6 Å². The number of hydrogen-bond donors (Lipinski definition) is 1. The molecule has 47 heavy (non-hydrogen) atoms. The fourth-order valence-corrected chi connectivity index (χ4v) is 6.81. The average molecular weight is 609 g/mol. The highest BCUT2D eigenvalue weighted by atomic mass is 15.1. The van der Waals surface area contributed by atoms with Crippen LogP contribution in [0.5, 0.6) is 0 Å². The predicted octanol–water partition coefficient (Wildman–Crippen LogP) is 10.0. The molecule has 0 atom stereocenters. The van der Waals surface area contributed by atoms with Crippen molar-refractivity contribution in [2.24, 2.45) is 0 Å². The maximum Gasteiger partial charge on any atom is 0.146 e. The van der Waals surface area contributed by atoms with Gasteiger partial charge in [0.25, 0.3) is 0 Å². The zero-order valence-electron chi connectivity index (χ0n) is 26.4. The van der Waals surface area contributed by atoms with Crippen LogP contribution in [-0.2, 0) is 5.41 Å². The largest absolute Gasteiger partial charge is 0.294 e. The number of nitrogens with one attached hydrogen (secondary N) is 1. The molecule has 0 amide bonds. The van der Waals surface area contributed by atoms with Crippen molar-refractivity contribution in [3.63, 3.8) is 0 Å². The van der Waals surface area contributed by atoms with Gasteiger partial charge >= 0.3 is 0 Å². The van der Waals surface area contributed by atoms with Crippen LogP contribution in [0.25, 0.3) is 77.9 Å². The summed E-state index contributed by atoms with van der Waals surface area (Å²) in [5, 5.41) is 12.5. The van der Waals surface area contributed by atoms with Gasteiger partial charge in [0, 0.05) is 39.0 Å². The second-order valence-electron chi connectivity index (χ2n) is 13.2. The number of benzene rings is 4. The highest BCUT2D eigenvalue weighted by molar-refractivity contribution is 6.11. The van der Waals surface area contributed by atoms with Gasteiger partial charge in [0.2, 0.25) is 0 Å². The van der Waals surface area contributed by atoms with Crippen molar-refractivity contribution in [1.29, 1.82) is 0 Å². The molecule has 9 rings (SSSR count). The summed E-state index contributed by atoms with van der Waals surface area (Å²) in [5.41, 5.74) is 10.2. The summed E-state index contributed by atoms with van der Waals surface area (Å²) in [6, 6.07) is 44.7. The second kappa shape index (κ2) is 10.3. The van der Waals surface area contributed by atoms with Crippen LogP contribution in [-0.4, -0.2) is 29.3 Å². The van der Waals surface area contributed by atoms with Crippen LogP contribution in [0.15, 0.2) is 134 Å². The third kappa shape index (κ3) is 4.36. The van der Waals surface area contributed by atoms with E-state index in [1.807, 2.05) is 24.4 Å². The Morgan fingerprint density at radius 1 is 0.574 bits per heavy atom. The topological polar surface area (TPSA) is 64.3 Å². The van der Waals surface area contributed by atoms with Crippen LogP contribution in [0, 0.1) is 0 Å². The minimum atomic E-state index is 0.00444. The molecule has 0 unspecified atom stereocenters. The summed E-state index contributed by atoms with van der Waals surface area (Å²) in [6.45, 7) is 6.72. The van der Waals surface area contributed by atoms with Crippen LogP contribution >= 0.6 is 0 Å². The van der Waals surface area contributed by atoms with E-state index in [0.29, 0.717) is 0 Å². The van der Waals surface area contributed by atoms with Gasteiger partial charge in [-0.05, 0) is 65.6 Å². The Morgan fingerprint density at radius 3 is 2.04 bits per heavy atom. The summed E-state index contributed by atoms with van der Waals surface area (Å²) in [6.07, 6.45) is 1.93. The molecule has 226 valence electrons. The summed E-state index contributed by atoms with van der Waals surface area (Å²) in [4.78, 5) is 10.2. The molecular formula is C41H32N6. The fraction of sp³-hybridized carbons (Fsp3) is 0.0976. The van der Waals surface area contributed by atoms with Crippen LogP contribution < -0.4 is 0 Å². The molecule has 0 aliphatic heterocycles. The molecule has 6 nitrogen and oxygen atoms in total. The highest BCUT2D eigenvalue weighted by Crippen LogP contribution is 2.37. The maximum atomic E-state index is 5.28. The normalized spacial score (nSPS) is 12.1. The zero-order valence-corrected chi connectivity index (χ0v) is 26.4. The predicted molar refractivity (Wildman–Crippen MR) is 192 cm³/mol. The quantitative estimate of drug-likeness (QED) is 0.216. The van der Waals surface area contributed by atoms with E-state index in [9.17, 15) is 0 Å². The van der Waals surface area contributed by atoms with Crippen molar-refractivity contribution in [3.05, 3.63) is 139 Å². The standard InChI is InChI=1S/C41H32N6/c1-41(2,3)27-21-22-42-39(23-27)47-37-16-10-7-13-29(37)31-18-17-28(24-38(31)47)46-36-15-9-8-14-30(36)32-19-20-33(43-40(32)46)35-25-34(44-45-35)26-11-5-4-6-12-26/h4-25H,1-3H3,(H,44,45). The smallest absolute Gasteiger partial charge is 0.146 e. The molecule has 0 bridgehead atoms. The molecule has 5 heterocycles. The van der Waals surface area contributed by atoms with Gasteiger partial charge in [0.1, 0.15) is 11.5 Å². The van der Waals surface area contributed by atoms with Gasteiger partial charge in [0.05, 0.1) is 33.6 Å². The van der Waals surface area contributed by atoms with Crippen LogP contribution in [0.3, 0.4) is 0 Å². The Kier molecular flexibility index (Phi) is 5.96. The number of nitrogens with zero attached hydrogens (tertiary/aromatic N) is 5. The molecule has 0 fully saturated rings. The molecule has 6 heteroatoms. The minimum absolute atomic E-state index is 0.00444. The van der Waals surface area contributed by atoms with E-state index >= 15 is 0 Å². The molecule has 1 N–H and O–H groups in total. The van der Waals surface area contributed by atoms with Crippen molar-refractivity contribution in [1.82, 2.24) is 29.3 Å². The van der Waals surface area contributed by atoms with E-state index in [1.165, 1.54) is 16.3 Å². The Morgan fingerprint density at radius 2 is 1.26 bits per heavy atom. The Labute approximate surface area is 272 Å². The number of para-hydroxylation sites is 2. The molecule has 0 saturated carbocycles. The monoisotopic (exact) mass is 608 g/mol. The molecular weight excluding hydrogens is 576 g/mol. The number of H-pyrrole nitrogens is 1. The first-order valence-corrected chi connectivity index (χ1v) is 16.0. The SMILES string of the molecule is CC(C)(C)c1ccnc(-n2c3ccccc3c3ccc(-n4c5ccccc5c5ccc(-c6cc(-c7ccccc7)n[nH]6)nc54)cc32)c1. The van der Waals surface area contributed by atoms with Gasteiger partial charge in [-0.3, -0.25) is 14.2 Å². The number of pyridine rings is 2. The maximum absolute atomic E-state index is 5.28. The van der Waals surface area contributed by atoms with Gasteiger partial charge < -0.3 is 0 Å². The van der Waals surface area contributed by atoms with E-state index in [1.54, 1.807) is 0 Å². The van der Waals surface area contributed by atoms with Crippen molar-refractivity contribution in [2.75, 3.05) is 0 Å². The summed E-state index contributed by atoms with van der Waals surface area (Å²) in [5.74, 6) is 0.914. The lowest BCUT2D eigenvalue weighted by molar-refractivity contribution is 0.588. The van der Waals surface area contributed by atoms with E-state index in [2.05, 4.69) is 149 Å². The summed E-state index contributed by atoms with van der Waals surface area (Å²) < 4.78 is 4.58. The molecule has 0 aliphatic rings. The summed E-state index contributed by atoms with van der Waals surface area (Å²) >= 11 is 0. The third-order valence-electron chi connectivity index (χ3n) is 9.20. The molecule has 4 aromatic carbocycles. The van der Waals surface area contributed by atoms with E-state index in [0.717, 1.165) is 67.1 Å². The van der Waals surface area contributed by atoms with Crippen LogP contribution in [0.1, 0.15) is 26.3 Å². The van der Waals surface area contributed by atoms with Gasteiger partial charge in [0.15, 0.2) is 0 Å². The number of aromatic amines is 1. The summed E-state index contributed by atoms with van der Waals surface area (Å²) in [7, 11) is 0. The lowest BCUT2D eigenvalue weighted by atomic mass is 9.88. The van der Waals surface area contributed by atoms with E-state index < -0.39 is 0 Å². The molecule has 5 aromatic heterocycles. The van der Waals surface area contributed by atoms with E-state index in [-0.39, 0.29) is 5.41 Å². The van der Waals surface area contributed by atoms with E-state index in [4.69, 9.17) is 9.97 Å². The van der Waals surface area contributed by atoms with Crippen molar-refractivity contribution in [3.8, 4) is 34.2 Å². The highest BCUT2D eigenvalue weighted by Gasteiger charge is 2.20. The minimum Gasteiger partial charge on any atom is -0.294 e. The molecule has 0 aliphatic carbocycles. The first-order valence-electron chi connectivity index (χ1n) is 16.0. The number of rotatable bonds is 4. The lowest BCUT2D eigenvalue weighted by Crippen LogP contribution is -2.12. The molecule has 9 aromatic rings. The Bertz CT molecular complexity index is 2610. The average Bonchev–Trinajstić information content (AvgIpc) is 3.81. The van der Waals surface area contributed by atoms with Crippen molar-refractivity contribution < 1.29 is 0 Å². The first-order chi connectivity index (χ1) is 22.9. The number of aromatic nitrogens is 6. The van der Waals surface area contributed by atoms with Crippen molar-refractivity contribution in [2.45, 2.75) is 26.2 Å². The van der Waals surface area contributed by atoms with Gasteiger partial charge in [-0.25, -0.2) is 9.97 Å². The molecule has 0 spiro atoms. The van der Waals surface area contributed by atoms with Crippen LogP contribution in [0.2, 0.25) is 0 Å². The lowest BCUT2D eigenvalue weighted by Gasteiger charge is -2.20. The Balaban J connectivity index is 1.28. The molecule has 0 radical (unpaired) electrons. The van der Waals surface area contributed by atoms with Crippen molar-refractivity contribution >= 4 is 43.7 Å². The van der Waals surface area contributed by atoms with Gasteiger partial charge in [-0.2, -0.15) is 5.10 Å².